The Balaban J connectivity index is 1.95. The number of hydrogen-bond acceptors (Lipinski definition) is 3. The first-order chi connectivity index (χ1) is 10.9. The van der Waals surface area contributed by atoms with Crippen molar-refractivity contribution in [1.29, 1.82) is 0 Å². The summed E-state index contributed by atoms with van der Waals surface area (Å²) in [5.74, 6) is -6.01. The van der Waals surface area contributed by atoms with Gasteiger partial charge in [0.15, 0.2) is 17.5 Å². The standard InChI is InChI=1S/C14H9ClF3N3O2/c15-10-5-7(3-4-19-10)14(23)20-6-11(22)21-9-2-1-8(16)12(17)13(9)18/h1-5H,6H2,(H,20,23)(H,21,22). The Bertz CT molecular complexity index is 771. The van der Waals surface area contributed by atoms with Crippen LogP contribution >= 0.6 is 11.6 Å². The molecule has 0 atom stereocenters. The van der Waals surface area contributed by atoms with E-state index < -0.39 is 41.5 Å². The molecule has 0 saturated carbocycles. The van der Waals surface area contributed by atoms with Crippen molar-refractivity contribution in [3.8, 4) is 0 Å². The molecule has 2 N–H and O–H groups in total. The molecule has 2 aromatic rings. The highest BCUT2D eigenvalue weighted by Crippen LogP contribution is 2.19. The molecule has 0 radical (unpaired) electrons. The van der Waals surface area contributed by atoms with Crippen molar-refractivity contribution < 1.29 is 22.8 Å². The maximum absolute atomic E-state index is 13.4. The molecule has 1 aromatic carbocycles. The SMILES string of the molecule is O=C(CNC(=O)c1ccnc(Cl)c1)Nc1ccc(F)c(F)c1F. The van der Waals surface area contributed by atoms with Gasteiger partial charge in [0.1, 0.15) is 5.15 Å². The van der Waals surface area contributed by atoms with Crippen LogP contribution in [0, 0.1) is 17.5 Å². The zero-order chi connectivity index (χ0) is 17.0. The summed E-state index contributed by atoms with van der Waals surface area (Å²) in [5, 5.41) is 4.39. The van der Waals surface area contributed by atoms with Crippen LogP contribution in [0.25, 0.3) is 0 Å². The van der Waals surface area contributed by atoms with Crippen molar-refractivity contribution in [3.63, 3.8) is 0 Å². The Labute approximate surface area is 133 Å². The summed E-state index contributed by atoms with van der Waals surface area (Å²) in [4.78, 5) is 27.1. The summed E-state index contributed by atoms with van der Waals surface area (Å²) >= 11 is 5.63. The van der Waals surface area contributed by atoms with Crippen LogP contribution in [0.15, 0.2) is 30.5 Å². The van der Waals surface area contributed by atoms with Crippen LogP contribution < -0.4 is 10.6 Å². The molecule has 0 spiro atoms. The Morgan fingerprint density at radius 3 is 2.57 bits per heavy atom. The van der Waals surface area contributed by atoms with E-state index in [1.807, 2.05) is 5.32 Å². The minimum atomic E-state index is -1.70. The number of carbonyl (C=O) groups excluding carboxylic acids is 2. The number of halogens is 4. The quantitative estimate of drug-likeness (QED) is 0.662. The fourth-order valence-electron chi connectivity index (χ4n) is 1.62. The zero-order valence-corrected chi connectivity index (χ0v) is 12.1. The molecule has 2 amide bonds. The molecule has 1 heterocycles. The number of nitrogens with zero attached hydrogens (tertiary/aromatic N) is 1. The maximum atomic E-state index is 13.4. The van der Waals surface area contributed by atoms with E-state index in [1.54, 1.807) is 0 Å². The van der Waals surface area contributed by atoms with E-state index in [1.165, 1.54) is 18.3 Å². The summed E-state index contributed by atoms with van der Waals surface area (Å²) in [7, 11) is 0. The van der Waals surface area contributed by atoms with E-state index >= 15 is 0 Å². The Morgan fingerprint density at radius 1 is 1.13 bits per heavy atom. The van der Waals surface area contributed by atoms with E-state index in [4.69, 9.17) is 11.6 Å². The molecule has 0 aliphatic carbocycles. The normalized spacial score (nSPS) is 10.3. The second-order valence-corrected chi connectivity index (χ2v) is 4.71. The molecule has 120 valence electrons. The molecule has 0 aliphatic heterocycles. The summed E-state index contributed by atoms with van der Waals surface area (Å²) in [6, 6.07) is 4.22. The molecule has 0 fully saturated rings. The average Bonchev–Trinajstić information content (AvgIpc) is 2.53. The fraction of sp³-hybridized carbons (Fsp3) is 0.0714. The number of aromatic nitrogens is 1. The third-order valence-corrected chi connectivity index (χ3v) is 2.91. The highest BCUT2D eigenvalue weighted by molar-refractivity contribution is 6.29. The minimum absolute atomic E-state index is 0.103. The number of rotatable bonds is 4. The number of benzene rings is 1. The first kappa shape index (κ1) is 16.8. The van der Waals surface area contributed by atoms with Crippen LogP contribution in [-0.2, 0) is 4.79 Å². The van der Waals surface area contributed by atoms with Crippen LogP contribution in [-0.4, -0.2) is 23.3 Å². The molecule has 5 nitrogen and oxygen atoms in total. The number of hydrogen-bond donors (Lipinski definition) is 2. The number of pyridine rings is 1. The summed E-state index contributed by atoms with van der Waals surface area (Å²) < 4.78 is 39.2. The van der Waals surface area contributed by atoms with Crippen LogP contribution in [0.3, 0.4) is 0 Å². The van der Waals surface area contributed by atoms with Gasteiger partial charge in [0, 0.05) is 11.8 Å². The van der Waals surface area contributed by atoms with Crippen molar-refractivity contribution in [2.45, 2.75) is 0 Å². The molecule has 23 heavy (non-hydrogen) atoms. The number of nitrogens with one attached hydrogen (secondary N) is 2. The lowest BCUT2D eigenvalue weighted by Gasteiger charge is -2.08. The van der Waals surface area contributed by atoms with Crippen LogP contribution in [0.2, 0.25) is 5.15 Å². The van der Waals surface area contributed by atoms with Crippen molar-refractivity contribution >= 4 is 29.1 Å². The van der Waals surface area contributed by atoms with Crippen molar-refractivity contribution in [3.05, 3.63) is 58.6 Å². The predicted molar refractivity (Wildman–Crippen MR) is 76.5 cm³/mol. The molecule has 1 aromatic heterocycles. The highest BCUT2D eigenvalue weighted by Gasteiger charge is 2.15. The van der Waals surface area contributed by atoms with Gasteiger partial charge in [0.25, 0.3) is 5.91 Å². The molecule has 2 rings (SSSR count). The van der Waals surface area contributed by atoms with Crippen LogP contribution in [0.1, 0.15) is 10.4 Å². The minimum Gasteiger partial charge on any atom is -0.343 e. The van der Waals surface area contributed by atoms with Gasteiger partial charge in [-0.2, -0.15) is 0 Å². The predicted octanol–water partition coefficient (Wildman–Crippen LogP) is 2.52. The summed E-state index contributed by atoms with van der Waals surface area (Å²) in [6.45, 7) is -0.503. The Morgan fingerprint density at radius 2 is 1.87 bits per heavy atom. The van der Waals surface area contributed by atoms with Crippen molar-refractivity contribution in [1.82, 2.24) is 10.3 Å². The Kier molecular flexibility index (Phi) is 5.17. The zero-order valence-electron chi connectivity index (χ0n) is 11.4. The van der Waals surface area contributed by atoms with E-state index in [9.17, 15) is 22.8 Å². The van der Waals surface area contributed by atoms with E-state index in [0.717, 1.165) is 6.07 Å². The van der Waals surface area contributed by atoms with Crippen LogP contribution in [0.5, 0.6) is 0 Å². The summed E-state index contributed by atoms with van der Waals surface area (Å²) in [6.07, 6.45) is 1.31. The lowest BCUT2D eigenvalue weighted by atomic mass is 10.2. The number of anilines is 1. The molecular formula is C14H9ClF3N3O2. The third kappa shape index (κ3) is 4.19. The highest BCUT2D eigenvalue weighted by atomic mass is 35.5. The van der Waals surface area contributed by atoms with Gasteiger partial charge >= 0.3 is 0 Å². The average molecular weight is 344 g/mol. The van der Waals surface area contributed by atoms with E-state index in [0.29, 0.717) is 6.07 Å². The molecule has 0 bridgehead atoms. The Hall–Kier alpha value is -2.61. The van der Waals surface area contributed by atoms with Gasteiger partial charge in [0.2, 0.25) is 5.91 Å². The first-order valence-corrected chi connectivity index (χ1v) is 6.59. The van der Waals surface area contributed by atoms with Crippen molar-refractivity contribution in [2.24, 2.45) is 0 Å². The molecule has 0 unspecified atom stereocenters. The fourth-order valence-corrected chi connectivity index (χ4v) is 1.80. The topological polar surface area (TPSA) is 71.1 Å². The van der Waals surface area contributed by atoms with Crippen molar-refractivity contribution in [2.75, 3.05) is 11.9 Å². The smallest absolute Gasteiger partial charge is 0.251 e. The molecule has 9 heteroatoms. The third-order valence-electron chi connectivity index (χ3n) is 2.71. The lowest BCUT2D eigenvalue weighted by molar-refractivity contribution is -0.115. The number of amides is 2. The van der Waals surface area contributed by atoms with Crippen LogP contribution in [0.4, 0.5) is 18.9 Å². The second kappa shape index (κ2) is 7.10. The maximum Gasteiger partial charge on any atom is 0.251 e. The van der Waals surface area contributed by atoms with Gasteiger partial charge in [-0.05, 0) is 24.3 Å². The van der Waals surface area contributed by atoms with Gasteiger partial charge in [-0.15, -0.1) is 0 Å². The molecular weight excluding hydrogens is 335 g/mol. The van der Waals surface area contributed by atoms with Gasteiger partial charge in [-0.3, -0.25) is 9.59 Å². The van der Waals surface area contributed by atoms with Gasteiger partial charge < -0.3 is 10.6 Å². The van der Waals surface area contributed by atoms with E-state index in [-0.39, 0.29) is 10.7 Å². The molecule has 0 aliphatic rings. The van der Waals surface area contributed by atoms with Gasteiger partial charge in [-0.1, -0.05) is 11.6 Å². The number of carbonyl (C=O) groups is 2. The largest absolute Gasteiger partial charge is 0.343 e. The second-order valence-electron chi connectivity index (χ2n) is 4.32. The van der Waals surface area contributed by atoms with Gasteiger partial charge in [-0.25, -0.2) is 18.2 Å². The first-order valence-electron chi connectivity index (χ1n) is 6.21. The van der Waals surface area contributed by atoms with Gasteiger partial charge in [0.05, 0.1) is 12.2 Å². The lowest BCUT2D eigenvalue weighted by Crippen LogP contribution is -2.33. The monoisotopic (exact) mass is 343 g/mol. The van der Waals surface area contributed by atoms with E-state index in [2.05, 4.69) is 10.3 Å². The molecule has 0 saturated heterocycles. The summed E-state index contributed by atoms with van der Waals surface area (Å²) in [5.41, 5.74) is -0.355.